The number of rotatable bonds is 5. The van der Waals surface area contributed by atoms with Gasteiger partial charge in [0.05, 0.1) is 6.61 Å². The Morgan fingerprint density at radius 3 is 2.22 bits per heavy atom. The maximum atomic E-state index is 11.0. The van der Waals surface area contributed by atoms with Crippen LogP contribution in [0.1, 0.15) is 6.92 Å². The van der Waals surface area contributed by atoms with E-state index in [0.717, 1.165) is 0 Å². The third-order valence-corrected chi connectivity index (χ3v) is 2.79. The molecule has 1 heterocycles. The highest BCUT2D eigenvalue weighted by Gasteiger charge is 2.47. The Morgan fingerprint density at radius 1 is 1.17 bits per heavy atom. The van der Waals surface area contributed by atoms with Crippen molar-refractivity contribution in [1.82, 2.24) is 0 Å². The molecule has 0 aromatic rings. The number of ether oxygens (including phenoxy) is 5. The summed E-state index contributed by atoms with van der Waals surface area (Å²) in [5.74, 6) is -0.523. The molecular formula is C11H20O7. The minimum absolute atomic E-state index is 0.238. The molecule has 0 amide bonds. The van der Waals surface area contributed by atoms with Crippen LogP contribution in [0.15, 0.2) is 0 Å². The summed E-state index contributed by atoms with van der Waals surface area (Å²) in [5.41, 5.74) is 0. The lowest BCUT2D eigenvalue weighted by Crippen LogP contribution is -2.61. The second-order valence-corrected chi connectivity index (χ2v) is 4.00. The first-order chi connectivity index (χ1) is 8.54. The summed E-state index contributed by atoms with van der Waals surface area (Å²) in [6, 6.07) is 0. The largest absolute Gasteiger partial charge is 0.454 e. The van der Waals surface area contributed by atoms with Crippen molar-refractivity contribution >= 4 is 5.97 Å². The van der Waals surface area contributed by atoms with Crippen molar-refractivity contribution in [2.24, 2.45) is 0 Å². The molecular weight excluding hydrogens is 244 g/mol. The van der Waals surface area contributed by atoms with Gasteiger partial charge in [-0.25, -0.2) is 0 Å². The van der Waals surface area contributed by atoms with Crippen molar-refractivity contribution in [3.63, 3.8) is 0 Å². The van der Waals surface area contributed by atoms with Crippen molar-refractivity contribution in [2.45, 2.75) is 37.6 Å². The molecule has 0 bridgehead atoms. The van der Waals surface area contributed by atoms with E-state index in [1.807, 2.05) is 0 Å². The summed E-state index contributed by atoms with van der Waals surface area (Å²) in [7, 11) is 4.46. The number of esters is 1. The van der Waals surface area contributed by atoms with Gasteiger partial charge in [-0.3, -0.25) is 4.79 Å². The number of hydrogen-bond donors (Lipinski definition) is 1. The van der Waals surface area contributed by atoms with Crippen molar-refractivity contribution in [3.8, 4) is 0 Å². The number of aliphatic hydroxyl groups is 1. The van der Waals surface area contributed by atoms with Gasteiger partial charge in [0.2, 0.25) is 0 Å². The van der Waals surface area contributed by atoms with Gasteiger partial charge in [0.15, 0.2) is 12.4 Å². The molecule has 0 radical (unpaired) electrons. The molecule has 0 aromatic carbocycles. The Morgan fingerprint density at radius 2 is 1.78 bits per heavy atom. The minimum Gasteiger partial charge on any atom is -0.454 e. The van der Waals surface area contributed by atoms with Crippen LogP contribution in [0, 0.1) is 0 Å². The highest BCUT2D eigenvalue weighted by Crippen LogP contribution is 2.26. The molecule has 1 aliphatic heterocycles. The molecule has 7 heteroatoms. The molecule has 18 heavy (non-hydrogen) atoms. The molecule has 1 saturated heterocycles. The van der Waals surface area contributed by atoms with E-state index < -0.39 is 36.7 Å². The predicted octanol–water partition coefficient (Wildman–Crippen LogP) is -0.688. The van der Waals surface area contributed by atoms with Crippen molar-refractivity contribution in [2.75, 3.05) is 27.9 Å². The predicted molar refractivity (Wildman–Crippen MR) is 59.9 cm³/mol. The zero-order chi connectivity index (χ0) is 13.7. The topological polar surface area (TPSA) is 83.5 Å². The molecule has 1 rings (SSSR count). The monoisotopic (exact) mass is 264 g/mol. The summed E-state index contributed by atoms with van der Waals surface area (Å²) in [4.78, 5) is 11.0. The molecule has 3 unspecified atom stereocenters. The van der Waals surface area contributed by atoms with Crippen LogP contribution in [0.2, 0.25) is 0 Å². The van der Waals surface area contributed by atoms with Crippen molar-refractivity contribution < 1.29 is 33.6 Å². The lowest BCUT2D eigenvalue weighted by atomic mass is 9.98. The molecule has 5 atom stereocenters. The van der Waals surface area contributed by atoms with Gasteiger partial charge < -0.3 is 28.8 Å². The number of methoxy groups -OCH3 is 3. The maximum absolute atomic E-state index is 11.0. The van der Waals surface area contributed by atoms with Gasteiger partial charge in [0.25, 0.3) is 0 Å². The Hall–Kier alpha value is -0.730. The molecule has 1 N–H and O–H groups in total. The van der Waals surface area contributed by atoms with Crippen LogP contribution in [0.4, 0.5) is 0 Å². The normalized spacial score (nSPS) is 36.4. The number of carbonyl (C=O) groups is 1. The van der Waals surface area contributed by atoms with E-state index in [-0.39, 0.29) is 6.61 Å². The number of aliphatic hydroxyl groups excluding tert-OH is 1. The molecule has 0 saturated carbocycles. The Bertz CT molecular complexity index is 270. The SMILES string of the molecule is COCC1O[C@@H](O)C(OC(C)=O)C(OC)[C@H]1OC. The third-order valence-electron chi connectivity index (χ3n) is 2.79. The van der Waals surface area contributed by atoms with E-state index in [9.17, 15) is 9.90 Å². The fourth-order valence-electron chi connectivity index (χ4n) is 2.06. The van der Waals surface area contributed by atoms with Gasteiger partial charge in [-0.15, -0.1) is 0 Å². The van der Waals surface area contributed by atoms with Gasteiger partial charge >= 0.3 is 5.97 Å². The number of hydrogen-bond acceptors (Lipinski definition) is 7. The summed E-state index contributed by atoms with van der Waals surface area (Å²) < 4.78 is 25.9. The Balaban J connectivity index is 2.85. The van der Waals surface area contributed by atoms with Gasteiger partial charge in [-0.05, 0) is 0 Å². The first-order valence-electron chi connectivity index (χ1n) is 5.60. The summed E-state index contributed by atoms with van der Waals surface area (Å²) in [6.45, 7) is 1.49. The van der Waals surface area contributed by atoms with Crippen LogP contribution in [-0.4, -0.2) is 69.7 Å². The van der Waals surface area contributed by atoms with Crippen LogP contribution in [0.25, 0.3) is 0 Å². The van der Waals surface area contributed by atoms with Crippen molar-refractivity contribution in [3.05, 3.63) is 0 Å². The standard InChI is InChI=1S/C11H20O7/c1-6(12)17-10-9(16-4)8(15-3)7(5-14-2)18-11(10)13/h7-11,13H,5H2,1-4H3/t7?,8-,9?,10?,11+/m0/s1. The average Bonchev–Trinajstić information content (AvgIpc) is 2.31. The van der Waals surface area contributed by atoms with Gasteiger partial charge in [-0.1, -0.05) is 0 Å². The molecule has 0 aliphatic carbocycles. The lowest BCUT2D eigenvalue weighted by Gasteiger charge is -2.42. The van der Waals surface area contributed by atoms with Gasteiger partial charge in [-0.2, -0.15) is 0 Å². The van der Waals surface area contributed by atoms with Crippen molar-refractivity contribution in [1.29, 1.82) is 0 Å². The average molecular weight is 264 g/mol. The highest BCUT2D eigenvalue weighted by atomic mass is 16.7. The zero-order valence-corrected chi connectivity index (χ0v) is 11.0. The quantitative estimate of drug-likeness (QED) is 0.658. The van der Waals surface area contributed by atoms with Crippen LogP contribution >= 0.6 is 0 Å². The summed E-state index contributed by atoms with van der Waals surface area (Å²) in [5, 5.41) is 9.84. The van der Waals surface area contributed by atoms with E-state index in [2.05, 4.69) is 0 Å². The first-order valence-corrected chi connectivity index (χ1v) is 5.60. The summed E-state index contributed by atoms with van der Waals surface area (Å²) in [6.07, 6.45) is -3.81. The second kappa shape index (κ2) is 7.01. The van der Waals surface area contributed by atoms with Crippen LogP contribution in [0.5, 0.6) is 0 Å². The van der Waals surface area contributed by atoms with E-state index in [4.69, 9.17) is 23.7 Å². The van der Waals surface area contributed by atoms with Crippen LogP contribution < -0.4 is 0 Å². The fraction of sp³-hybridized carbons (Fsp3) is 0.909. The Labute approximate surface area is 106 Å². The molecule has 0 aromatic heterocycles. The van der Waals surface area contributed by atoms with E-state index in [1.165, 1.54) is 28.3 Å². The number of carbonyl (C=O) groups excluding carboxylic acids is 1. The molecule has 7 nitrogen and oxygen atoms in total. The summed E-state index contributed by atoms with van der Waals surface area (Å²) >= 11 is 0. The first kappa shape index (κ1) is 15.3. The molecule has 1 fully saturated rings. The lowest BCUT2D eigenvalue weighted by molar-refractivity contribution is -0.298. The van der Waals surface area contributed by atoms with Crippen LogP contribution in [0.3, 0.4) is 0 Å². The Kier molecular flexibility index (Phi) is 5.97. The second-order valence-electron chi connectivity index (χ2n) is 4.00. The van der Waals surface area contributed by atoms with E-state index in [0.29, 0.717) is 0 Å². The fourth-order valence-corrected chi connectivity index (χ4v) is 2.06. The molecule has 106 valence electrons. The van der Waals surface area contributed by atoms with E-state index in [1.54, 1.807) is 0 Å². The minimum atomic E-state index is -1.27. The van der Waals surface area contributed by atoms with Gasteiger partial charge in [0, 0.05) is 28.3 Å². The third kappa shape index (κ3) is 3.39. The maximum Gasteiger partial charge on any atom is 0.303 e. The van der Waals surface area contributed by atoms with E-state index >= 15 is 0 Å². The molecule has 1 aliphatic rings. The highest BCUT2D eigenvalue weighted by molar-refractivity contribution is 5.66. The zero-order valence-electron chi connectivity index (χ0n) is 11.0. The smallest absolute Gasteiger partial charge is 0.303 e. The molecule has 0 spiro atoms. The van der Waals surface area contributed by atoms with Gasteiger partial charge in [0.1, 0.15) is 18.3 Å². The van der Waals surface area contributed by atoms with Crippen LogP contribution in [-0.2, 0) is 28.5 Å².